The summed E-state index contributed by atoms with van der Waals surface area (Å²) in [6, 6.07) is 6.38. The maximum atomic E-state index is 6.40. The molecule has 0 saturated heterocycles. The first-order valence-corrected chi connectivity index (χ1v) is 6.02. The van der Waals surface area contributed by atoms with E-state index in [1.807, 2.05) is 0 Å². The highest BCUT2D eigenvalue weighted by Crippen LogP contribution is 2.35. The molecule has 1 unspecified atom stereocenters. The van der Waals surface area contributed by atoms with Crippen LogP contribution in [0.4, 0.5) is 0 Å². The summed E-state index contributed by atoms with van der Waals surface area (Å²) in [5.41, 5.74) is 8.71. The zero-order valence-corrected chi connectivity index (χ0v) is 10.5. The number of hydrogen-bond donors (Lipinski definition) is 1. The number of methoxy groups -OCH3 is 1. The van der Waals surface area contributed by atoms with Crippen LogP contribution in [0.5, 0.6) is 0 Å². The molecular formula is C12H16BrNO. The van der Waals surface area contributed by atoms with Gasteiger partial charge in [-0.3, -0.25) is 0 Å². The lowest BCUT2D eigenvalue weighted by atomic mass is 9.78. The molecule has 3 heteroatoms. The highest BCUT2D eigenvalue weighted by Gasteiger charge is 2.32. The fourth-order valence-corrected chi connectivity index (χ4v) is 2.73. The van der Waals surface area contributed by atoms with Crippen molar-refractivity contribution in [1.82, 2.24) is 0 Å². The molecule has 0 aliphatic heterocycles. The summed E-state index contributed by atoms with van der Waals surface area (Å²) < 4.78 is 6.33. The predicted molar refractivity (Wildman–Crippen MR) is 64.8 cm³/mol. The summed E-state index contributed by atoms with van der Waals surface area (Å²) in [6.07, 6.45) is 3.28. The average molecular weight is 270 g/mol. The second-order valence-electron chi connectivity index (χ2n) is 4.24. The zero-order valence-electron chi connectivity index (χ0n) is 8.92. The molecule has 0 spiro atoms. The molecule has 1 aliphatic carbocycles. The van der Waals surface area contributed by atoms with E-state index in [9.17, 15) is 0 Å². The molecule has 2 nitrogen and oxygen atoms in total. The Morgan fingerprint density at radius 3 is 3.07 bits per heavy atom. The van der Waals surface area contributed by atoms with Crippen molar-refractivity contribution < 1.29 is 4.74 Å². The van der Waals surface area contributed by atoms with Gasteiger partial charge in [-0.2, -0.15) is 0 Å². The van der Waals surface area contributed by atoms with Crippen molar-refractivity contribution >= 4 is 15.9 Å². The van der Waals surface area contributed by atoms with Crippen LogP contribution in [-0.2, 0) is 16.7 Å². The standard InChI is InChI=1S/C12H16BrNO/c1-15-8-12(14)6-2-3-9-4-5-10(13)7-11(9)12/h4-5,7H,2-3,6,8,14H2,1H3. The van der Waals surface area contributed by atoms with Crippen molar-refractivity contribution in [2.45, 2.75) is 24.8 Å². The van der Waals surface area contributed by atoms with Crippen molar-refractivity contribution in [2.24, 2.45) is 5.73 Å². The van der Waals surface area contributed by atoms with E-state index < -0.39 is 0 Å². The van der Waals surface area contributed by atoms with Gasteiger partial charge in [-0.25, -0.2) is 0 Å². The summed E-state index contributed by atoms with van der Waals surface area (Å²) in [6.45, 7) is 0.594. The molecule has 1 atom stereocenters. The Bertz CT molecular complexity index is 367. The fourth-order valence-electron chi connectivity index (χ4n) is 2.37. The van der Waals surface area contributed by atoms with Gasteiger partial charge in [-0.1, -0.05) is 22.0 Å². The molecule has 82 valence electrons. The molecule has 0 heterocycles. The van der Waals surface area contributed by atoms with E-state index in [-0.39, 0.29) is 5.54 Å². The third-order valence-electron chi connectivity index (χ3n) is 3.08. The van der Waals surface area contributed by atoms with Gasteiger partial charge in [0.1, 0.15) is 0 Å². The highest BCUT2D eigenvalue weighted by molar-refractivity contribution is 9.10. The number of aryl methyl sites for hydroxylation is 1. The van der Waals surface area contributed by atoms with Crippen LogP contribution in [0.3, 0.4) is 0 Å². The number of rotatable bonds is 2. The molecule has 2 rings (SSSR count). The summed E-state index contributed by atoms with van der Waals surface area (Å²) in [5.74, 6) is 0. The van der Waals surface area contributed by atoms with Crippen molar-refractivity contribution in [3.05, 3.63) is 33.8 Å². The molecule has 1 aromatic rings. The van der Waals surface area contributed by atoms with E-state index in [2.05, 4.69) is 34.1 Å². The molecule has 0 radical (unpaired) electrons. The van der Waals surface area contributed by atoms with Crippen LogP contribution in [0, 0.1) is 0 Å². The number of fused-ring (bicyclic) bond motifs is 1. The number of benzene rings is 1. The van der Waals surface area contributed by atoms with Crippen molar-refractivity contribution in [3.63, 3.8) is 0 Å². The van der Waals surface area contributed by atoms with E-state index in [1.54, 1.807) is 7.11 Å². The Morgan fingerprint density at radius 1 is 1.53 bits per heavy atom. The van der Waals surface area contributed by atoms with Crippen LogP contribution >= 0.6 is 15.9 Å². The summed E-state index contributed by atoms with van der Waals surface area (Å²) in [7, 11) is 1.71. The van der Waals surface area contributed by atoms with Gasteiger partial charge in [0, 0.05) is 11.6 Å². The third kappa shape index (κ3) is 2.10. The van der Waals surface area contributed by atoms with Gasteiger partial charge in [0.25, 0.3) is 0 Å². The Labute approximate surface area is 98.9 Å². The minimum Gasteiger partial charge on any atom is -0.382 e. The molecule has 0 aromatic heterocycles. The molecule has 0 saturated carbocycles. The monoisotopic (exact) mass is 269 g/mol. The first-order chi connectivity index (χ1) is 7.15. The Morgan fingerprint density at radius 2 is 2.33 bits per heavy atom. The zero-order chi connectivity index (χ0) is 10.9. The minimum atomic E-state index is -0.299. The lowest BCUT2D eigenvalue weighted by molar-refractivity contribution is 0.121. The van der Waals surface area contributed by atoms with Crippen LogP contribution in [0.15, 0.2) is 22.7 Å². The van der Waals surface area contributed by atoms with Crippen LogP contribution in [0.2, 0.25) is 0 Å². The van der Waals surface area contributed by atoms with E-state index >= 15 is 0 Å². The van der Waals surface area contributed by atoms with E-state index in [1.165, 1.54) is 11.1 Å². The van der Waals surface area contributed by atoms with Crippen LogP contribution < -0.4 is 5.73 Å². The number of hydrogen-bond acceptors (Lipinski definition) is 2. The van der Waals surface area contributed by atoms with Crippen molar-refractivity contribution in [3.8, 4) is 0 Å². The molecule has 0 fully saturated rings. The maximum absolute atomic E-state index is 6.40. The molecule has 0 bridgehead atoms. The van der Waals surface area contributed by atoms with Gasteiger partial charge >= 0.3 is 0 Å². The van der Waals surface area contributed by atoms with E-state index in [0.717, 1.165) is 23.7 Å². The van der Waals surface area contributed by atoms with Gasteiger partial charge in [-0.05, 0) is 42.5 Å². The fraction of sp³-hybridized carbons (Fsp3) is 0.500. The van der Waals surface area contributed by atoms with Gasteiger partial charge in [0.05, 0.1) is 12.1 Å². The van der Waals surface area contributed by atoms with E-state index in [0.29, 0.717) is 6.61 Å². The maximum Gasteiger partial charge on any atom is 0.0684 e. The second kappa shape index (κ2) is 4.24. The lowest BCUT2D eigenvalue weighted by Crippen LogP contribution is -2.44. The lowest BCUT2D eigenvalue weighted by Gasteiger charge is -2.35. The largest absolute Gasteiger partial charge is 0.382 e. The molecular weight excluding hydrogens is 254 g/mol. The van der Waals surface area contributed by atoms with E-state index in [4.69, 9.17) is 10.5 Å². The second-order valence-corrected chi connectivity index (χ2v) is 5.16. The van der Waals surface area contributed by atoms with Gasteiger partial charge in [0.2, 0.25) is 0 Å². The van der Waals surface area contributed by atoms with Crippen LogP contribution in [-0.4, -0.2) is 13.7 Å². The van der Waals surface area contributed by atoms with Gasteiger partial charge < -0.3 is 10.5 Å². The average Bonchev–Trinajstić information content (AvgIpc) is 2.20. The molecule has 1 aliphatic rings. The predicted octanol–water partition coefficient (Wildman–Crippen LogP) is 2.59. The Hall–Kier alpha value is -0.380. The van der Waals surface area contributed by atoms with Crippen molar-refractivity contribution in [1.29, 1.82) is 0 Å². The minimum absolute atomic E-state index is 0.299. The van der Waals surface area contributed by atoms with Crippen LogP contribution in [0.1, 0.15) is 24.0 Å². The smallest absolute Gasteiger partial charge is 0.0684 e. The van der Waals surface area contributed by atoms with Crippen LogP contribution in [0.25, 0.3) is 0 Å². The quantitative estimate of drug-likeness (QED) is 0.896. The topological polar surface area (TPSA) is 35.2 Å². The molecule has 2 N–H and O–H groups in total. The summed E-state index contributed by atoms with van der Waals surface area (Å²) in [4.78, 5) is 0. The SMILES string of the molecule is COCC1(N)CCCc2ccc(Br)cc21. The number of ether oxygens (including phenoxy) is 1. The number of halogens is 1. The summed E-state index contributed by atoms with van der Waals surface area (Å²) >= 11 is 3.50. The van der Waals surface area contributed by atoms with Crippen molar-refractivity contribution in [2.75, 3.05) is 13.7 Å². The normalized spacial score (nSPS) is 25.0. The molecule has 1 aromatic carbocycles. The summed E-state index contributed by atoms with van der Waals surface area (Å²) in [5, 5.41) is 0. The Kier molecular flexibility index (Phi) is 3.14. The first-order valence-electron chi connectivity index (χ1n) is 5.22. The Balaban J connectivity index is 2.44. The first kappa shape index (κ1) is 11.1. The van der Waals surface area contributed by atoms with Gasteiger partial charge in [-0.15, -0.1) is 0 Å². The highest BCUT2D eigenvalue weighted by atomic mass is 79.9. The molecule has 15 heavy (non-hydrogen) atoms. The number of nitrogens with two attached hydrogens (primary N) is 1. The molecule has 0 amide bonds. The third-order valence-corrected chi connectivity index (χ3v) is 3.57. The van der Waals surface area contributed by atoms with Gasteiger partial charge in [0.15, 0.2) is 0 Å².